The van der Waals surface area contributed by atoms with Crippen LogP contribution in [0.3, 0.4) is 0 Å². The zero-order chi connectivity index (χ0) is 18.8. The molecule has 1 atom stereocenters. The van der Waals surface area contributed by atoms with E-state index in [2.05, 4.69) is 28.6 Å². The molecule has 1 saturated heterocycles. The Morgan fingerprint density at radius 3 is 2.70 bits per heavy atom. The van der Waals surface area contributed by atoms with Gasteiger partial charge in [0.1, 0.15) is 0 Å². The van der Waals surface area contributed by atoms with Crippen LogP contribution in [-0.2, 0) is 17.0 Å². The molecular formula is C20H24N4O2S. The van der Waals surface area contributed by atoms with Gasteiger partial charge in [0.15, 0.2) is 5.16 Å². The molecule has 1 aliphatic rings. The quantitative estimate of drug-likeness (QED) is 0.589. The fourth-order valence-electron chi connectivity index (χ4n) is 3.20. The van der Waals surface area contributed by atoms with Gasteiger partial charge in [-0.15, -0.1) is 0 Å². The molecular weight excluding hydrogens is 360 g/mol. The molecule has 0 radical (unpaired) electrons. The van der Waals surface area contributed by atoms with Gasteiger partial charge in [-0.05, 0) is 33.6 Å². The van der Waals surface area contributed by atoms with E-state index >= 15 is 0 Å². The van der Waals surface area contributed by atoms with Gasteiger partial charge in [-0.3, -0.25) is 0 Å². The summed E-state index contributed by atoms with van der Waals surface area (Å²) < 4.78 is 13.5. The van der Waals surface area contributed by atoms with Crippen LogP contribution in [0.1, 0.15) is 35.7 Å². The van der Waals surface area contributed by atoms with Crippen molar-refractivity contribution >= 4 is 11.8 Å². The summed E-state index contributed by atoms with van der Waals surface area (Å²) >= 11 is 1.63. The summed E-state index contributed by atoms with van der Waals surface area (Å²) in [5.41, 5.74) is 4.43. The van der Waals surface area contributed by atoms with Crippen LogP contribution in [0.25, 0.3) is 11.4 Å². The Morgan fingerprint density at radius 2 is 1.96 bits per heavy atom. The molecule has 142 valence electrons. The second kappa shape index (κ2) is 7.86. The van der Waals surface area contributed by atoms with Gasteiger partial charge < -0.3 is 13.8 Å². The van der Waals surface area contributed by atoms with E-state index in [1.165, 1.54) is 11.3 Å². The Bertz CT molecular complexity index is 911. The lowest BCUT2D eigenvalue weighted by atomic mass is 10.1. The molecule has 1 aliphatic heterocycles. The highest BCUT2D eigenvalue weighted by molar-refractivity contribution is 7.98. The Kier molecular flexibility index (Phi) is 5.31. The smallest absolute Gasteiger partial charge is 0.237 e. The maximum atomic E-state index is 5.80. The van der Waals surface area contributed by atoms with Gasteiger partial charge in [0.25, 0.3) is 0 Å². The van der Waals surface area contributed by atoms with Gasteiger partial charge in [-0.25, -0.2) is 4.98 Å². The van der Waals surface area contributed by atoms with Gasteiger partial charge in [0, 0.05) is 17.9 Å². The van der Waals surface area contributed by atoms with Crippen LogP contribution < -0.4 is 0 Å². The first kappa shape index (κ1) is 18.3. The SMILES string of the molecule is Cc1ccc(-c2noc(CSc3nc(C)c(C)n3CC3CCCO3)n2)cc1. The fourth-order valence-corrected chi connectivity index (χ4v) is 4.14. The lowest BCUT2D eigenvalue weighted by molar-refractivity contribution is 0.0945. The van der Waals surface area contributed by atoms with Gasteiger partial charge >= 0.3 is 0 Å². The maximum Gasteiger partial charge on any atom is 0.237 e. The van der Waals surface area contributed by atoms with Crippen LogP contribution in [0, 0.1) is 20.8 Å². The van der Waals surface area contributed by atoms with E-state index in [0.717, 1.165) is 42.4 Å². The average Bonchev–Trinajstić information content (AvgIpc) is 3.39. The van der Waals surface area contributed by atoms with Crippen molar-refractivity contribution in [2.75, 3.05) is 6.61 Å². The van der Waals surface area contributed by atoms with Crippen molar-refractivity contribution in [1.29, 1.82) is 0 Å². The number of rotatable bonds is 6. The number of hydrogen-bond acceptors (Lipinski definition) is 6. The number of hydrogen-bond donors (Lipinski definition) is 0. The zero-order valence-corrected chi connectivity index (χ0v) is 16.8. The number of thioether (sulfide) groups is 1. The average molecular weight is 385 g/mol. The molecule has 0 bridgehead atoms. The monoisotopic (exact) mass is 384 g/mol. The maximum absolute atomic E-state index is 5.80. The normalized spacial score (nSPS) is 16.9. The Balaban J connectivity index is 1.46. The number of nitrogens with zero attached hydrogens (tertiary/aromatic N) is 4. The number of benzene rings is 1. The summed E-state index contributed by atoms with van der Waals surface area (Å²) in [6, 6.07) is 8.12. The van der Waals surface area contributed by atoms with Crippen molar-refractivity contribution in [3.63, 3.8) is 0 Å². The second-order valence-corrected chi connectivity index (χ2v) is 7.92. The third kappa shape index (κ3) is 4.09. The molecule has 7 heteroatoms. The van der Waals surface area contributed by atoms with Crippen LogP contribution in [0.15, 0.2) is 33.9 Å². The molecule has 0 spiro atoms. The Labute approximate surface area is 163 Å². The molecule has 4 rings (SSSR count). The van der Waals surface area contributed by atoms with Crippen molar-refractivity contribution in [1.82, 2.24) is 19.7 Å². The van der Waals surface area contributed by atoms with Crippen LogP contribution in [-0.4, -0.2) is 32.4 Å². The highest BCUT2D eigenvalue weighted by atomic mass is 32.2. The minimum atomic E-state index is 0.285. The first-order valence-electron chi connectivity index (χ1n) is 9.28. The molecule has 0 aliphatic carbocycles. The summed E-state index contributed by atoms with van der Waals surface area (Å²) in [6.45, 7) is 7.94. The number of ether oxygens (including phenoxy) is 1. The summed E-state index contributed by atoms with van der Waals surface area (Å²) in [7, 11) is 0. The number of aromatic nitrogens is 4. The predicted molar refractivity (Wildman–Crippen MR) is 105 cm³/mol. The summed E-state index contributed by atoms with van der Waals surface area (Å²) in [6.07, 6.45) is 2.54. The first-order chi connectivity index (χ1) is 13.1. The first-order valence-corrected chi connectivity index (χ1v) is 10.3. The van der Waals surface area contributed by atoms with Crippen molar-refractivity contribution in [3.05, 3.63) is 47.1 Å². The molecule has 1 fully saturated rings. The number of aryl methyl sites for hydroxylation is 2. The van der Waals surface area contributed by atoms with Crippen molar-refractivity contribution in [2.45, 2.75) is 57.2 Å². The van der Waals surface area contributed by atoms with E-state index < -0.39 is 0 Å². The highest BCUT2D eigenvalue weighted by Gasteiger charge is 2.21. The summed E-state index contributed by atoms with van der Waals surface area (Å²) in [5.74, 6) is 1.83. The molecule has 3 aromatic rings. The standard InChI is InChI=1S/C20H24N4O2S/c1-13-6-8-16(9-7-13)19-22-18(26-23-19)12-27-20-21-14(2)15(3)24(20)11-17-5-4-10-25-17/h6-9,17H,4-5,10-12H2,1-3H3. The van der Waals surface area contributed by atoms with E-state index in [1.807, 2.05) is 31.2 Å². The molecule has 6 nitrogen and oxygen atoms in total. The molecule has 0 amide bonds. The predicted octanol–water partition coefficient (Wildman–Crippen LogP) is 4.33. The minimum absolute atomic E-state index is 0.285. The molecule has 0 saturated carbocycles. The van der Waals surface area contributed by atoms with Gasteiger partial charge in [0.2, 0.25) is 11.7 Å². The van der Waals surface area contributed by atoms with Crippen LogP contribution >= 0.6 is 11.8 Å². The largest absolute Gasteiger partial charge is 0.376 e. The highest BCUT2D eigenvalue weighted by Crippen LogP contribution is 2.27. The minimum Gasteiger partial charge on any atom is -0.376 e. The summed E-state index contributed by atoms with van der Waals surface area (Å²) in [5, 5.41) is 5.09. The lowest BCUT2D eigenvalue weighted by Crippen LogP contribution is -2.16. The third-order valence-electron chi connectivity index (χ3n) is 4.94. The zero-order valence-electron chi connectivity index (χ0n) is 15.9. The molecule has 27 heavy (non-hydrogen) atoms. The Hall–Kier alpha value is -2.12. The van der Waals surface area contributed by atoms with E-state index in [1.54, 1.807) is 11.8 Å². The van der Waals surface area contributed by atoms with Gasteiger partial charge in [0.05, 0.1) is 24.1 Å². The van der Waals surface area contributed by atoms with E-state index in [4.69, 9.17) is 14.2 Å². The van der Waals surface area contributed by atoms with Crippen LogP contribution in [0.2, 0.25) is 0 Å². The topological polar surface area (TPSA) is 66.0 Å². The van der Waals surface area contributed by atoms with Crippen LogP contribution in [0.4, 0.5) is 0 Å². The molecule has 1 unspecified atom stereocenters. The Morgan fingerprint density at radius 1 is 1.15 bits per heavy atom. The van der Waals surface area contributed by atoms with Gasteiger partial charge in [-0.1, -0.05) is 46.7 Å². The van der Waals surface area contributed by atoms with E-state index in [9.17, 15) is 0 Å². The molecule has 0 N–H and O–H groups in total. The second-order valence-electron chi connectivity index (χ2n) is 6.98. The fraction of sp³-hybridized carbons (Fsp3) is 0.450. The molecule has 1 aromatic carbocycles. The van der Waals surface area contributed by atoms with Crippen molar-refractivity contribution in [2.24, 2.45) is 0 Å². The van der Waals surface area contributed by atoms with Crippen LogP contribution in [0.5, 0.6) is 0 Å². The molecule has 3 heterocycles. The van der Waals surface area contributed by atoms with E-state index in [0.29, 0.717) is 17.5 Å². The van der Waals surface area contributed by atoms with E-state index in [-0.39, 0.29) is 6.10 Å². The van der Waals surface area contributed by atoms with Gasteiger partial charge in [-0.2, -0.15) is 4.98 Å². The molecule has 2 aromatic heterocycles. The van der Waals surface area contributed by atoms with Crippen molar-refractivity contribution in [3.8, 4) is 11.4 Å². The van der Waals surface area contributed by atoms with Crippen molar-refractivity contribution < 1.29 is 9.26 Å². The lowest BCUT2D eigenvalue weighted by Gasteiger charge is -2.14. The third-order valence-corrected chi connectivity index (χ3v) is 5.90. The summed E-state index contributed by atoms with van der Waals surface area (Å²) in [4.78, 5) is 9.25. The number of imidazole rings is 1.